The minimum absolute atomic E-state index is 0.0637. The molecule has 0 bridgehead atoms. The second kappa shape index (κ2) is 10.5. The fourth-order valence-electron chi connectivity index (χ4n) is 4.77. The number of nitrogens with zero attached hydrogens (tertiary/aromatic N) is 1. The molecule has 2 heteroatoms. The number of hydrogen-bond donors (Lipinski definition) is 1. The molecule has 0 unspecified atom stereocenters. The summed E-state index contributed by atoms with van der Waals surface area (Å²) in [7, 11) is 0. The fourth-order valence-corrected chi connectivity index (χ4v) is 4.77. The molecule has 172 valence electrons. The van der Waals surface area contributed by atoms with E-state index in [0.717, 1.165) is 46.3 Å². The molecule has 4 aromatic rings. The van der Waals surface area contributed by atoms with Crippen LogP contribution in [0.25, 0.3) is 0 Å². The van der Waals surface area contributed by atoms with Crippen LogP contribution in [0.1, 0.15) is 64.3 Å². The van der Waals surface area contributed by atoms with Gasteiger partial charge in [-0.15, -0.1) is 0 Å². The van der Waals surface area contributed by atoms with Crippen LogP contribution in [0, 0.1) is 13.8 Å². The lowest BCUT2D eigenvalue weighted by Crippen LogP contribution is -2.05. The average Bonchev–Trinajstić information content (AvgIpc) is 2.86. The van der Waals surface area contributed by atoms with Gasteiger partial charge in [-0.2, -0.15) is 0 Å². The van der Waals surface area contributed by atoms with Crippen LogP contribution >= 0.6 is 0 Å². The lowest BCUT2D eigenvalue weighted by Gasteiger charge is -2.21. The van der Waals surface area contributed by atoms with E-state index in [-0.39, 0.29) is 11.7 Å². The van der Waals surface area contributed by atoms with Crippen molar-refractivity contribution >= 4 is 11.9 Å². The van der Waals surface area contributed by atoms with Crippen molar-refractivity contribution in [2.24, 2.45) is 4.99 Å². The van der Waals surface area contributed by atoms with Crippen LogP contribution in [0.3, 0.4) is 0 Å². The molecule has 0 fully saturated rings. The van der Waals surface area contributed by atoms with Gasteiger partial charge in [0.2, 0.25) is 0 Å². The van der Waals surface area contributed by atoms with Gasteiger partial charge in [-0.1, -0.05) is 98.3 Å². The summed E-state index contributed by atoms with van der Waals surface area (Å²) in [5.74, 6) is 0.224. The molecule has 0 spiro atoms. The Morgan fingerprint density at radius 1 is 0.735 bits per heavy atom. The molecule has 0 saturated carbocycles. The lowest BCUT2D eigenvalue weighted by atomic mass is 9.83. The number of aryl methyl sites for hydroxylation is 4. The van der Waals surface area contributed by atoms with E-state index < -0.39 is 0 Å². The summed E-state index contributed by atoms with van der Waals surface area (Å²) in [5.41, 5.74) is 9.82. The lowest BCUT2D eigenvalue weighted by molar-refractivity contribution is 0.466. The zero-order valence-electron chi connectivity index (χ0n) is 20.5. The van der Waals surface area contributed by atoms with Crippen LogP contribution in [0.2, 0.25) is 0 Å². The third kappa shape index (κ3) is 4.97. The molecular formula is C32H33NO. The van der Waals surface area contributed by atoms with Gasteiger partial charge >= 0.3 is 0 Å². The number of phenols is 1. The first-order valence-corrected chi connectivity index (χ1v) is 12.1. The largest absolute Gasteiger partial charge is 0.507 e. The van der Waals surface area contributed by atoms with Gasteiger partial charge in [-0.05, 0) is 60.6 Å². The van der Waals surface area contributed by atoms with Crippen LogP contribution in [0.15, 0.2) is 89.9 Å². The third-order valence-corrected chi connectivity index (χ3v) is 6.40. The molecule has 1 N–H and O–H groups in total. The number of benzene rings is 4. The van der Waals surface area contributed by atoms with Gasteiger partial charge < -0.3 is 5.11 Å². The van der Waals surface area contributed by atoms with Gasteiger partial charge in [0.1, 0.15) is 5.75 Å². The molecule has 2 nitrogen and oxygen atoms in total. The Hall–Kier alpha value is -3.65. The van der Waals surface area contributed by atoms with Crippen LogP contribution in [-0.2, 0) is 12.8 Å². The molecule has 0 heterocycles. The SMILES string of the molecule is CCc1cc(C)cc(CC)c1N=Cc1cc(C)cc(C(c2ccccc2)c2ccccc2)c1O. The van der Waals surface area contributed by atoms with Crippen LogP contribution in [0.5, 0.6) is 5.75 Å². The van der Waals surface area contributed by atoms with Gasteiger partial charge in [0.05, 0.1) is 5.69 Å². The summed E-state index contributed by atoms with van der Waals surface area (Å²) in [4.78, 5) is 4.92. The van der Waals surface area contributed by atoms with Gasteiger partial charge in [0.15, 0.2) is 0 Å². The number of hydrogen-bond acceptors (Lipinski definition) is 2. The maximum absolute atomic E-state index is 11.5. The molecule has 0 amide bonds. The van der Waals surface area contributed by atoms with Crippen molar-refractivity contribution in [3.8, 4) is 5.75 Å². The van der Waals surface area contributed by atoms with Gasteiger partial charge in [-0.25, -0.2) is 0 Å². The van der Waals surface area contributed by atoms with E-state index in [1.807, 2.05) is 24.4 Å². The Kier molecular flexibility index (Phi) is 7.27. The highest BCUT2D eigenvalue weighted by Crippen LogP contribution is 2.39. The molecule has 4 aromatic carbocycles. The molecule has 0 aliphatic rings. The van der Waals surface area contributed by atoms with E-state index >= 15 is 0 Å². The molecule has 4 rings (SSSR count). The standard InChI is InChI=1S/C32H33NO/c1-5-24-17-22(3)18-25(6-2)31(24)33-21-28-19-23(4)20-29(32(28)34)30(26-13-9-7-10-14-26)27-15-11-8-12-16-27/h7-21,30,34H,5-6H2,1-4H3. The number of aromatic hydroxyl groups is 1. The Balaban J connectivity index is 1.85. The monoisotopic (exact) mass is 447 g/mol. The van der Waals surface area contributed by atoms with Crippen molar-refractivity contribution in [2.75, 3.05) is 0 Å². The highest BCUT2D eigenvalue weighted by molar-refractivity contribution is 5.87. The summed E-state index contributed by atoms with van der Waals surface area (Å²) in [6, 6.07) is 29.3. The number of rotatable bonds is 7. The number of aliphatic imine (C=N–C) groups is 1. The van der Waals surface area contributed by atoms with Crippen molar-refractivity contribution in [1.82, 2.24) is 0 Å². The van der Waals surface area contributed by atoms with Crippen molar-refractivity contribution in [3.05, 3.63) is 129 Å². The topological polar surface area (TPSA) is 32.6 Å². The Morgan fingerprint density at radius 2 is 1.24 bits per heavy atom. The molecule has 0 atom stereocenters. The summed E-state index contributed by atoms with van der Waals surface area (Å²) in [6.45, 7) is 8.55. The Morgan fingerprint density at radius 3 is 1.74 bits per heavy atom. The van der Waals surface area contributed by atoms with Crippen LogP contribution in [0.4, 0.5) is 5.69 Å². The Bertz CT molecular complexity index is 1230. The van der Waals surface area contributed by atoms with Gasteiger partial charge in [-0.3, -0.25) is 4.99 Å². The second-order valence-electron chi connectivity index (χ2n) is 8.94. The molecule has 34 heavy (non-hydrogen) atoms. The molecule has 0 radical (unpaired) electrons. The zero-order chi connectivity index (χ0) is 24.1. The summed E-state index contributed by atoms with van der Waals surface area (Å²) >= 11 is 0. The zero-order valence-corrected chi connectivity index (χ0v) is 20.5. The van der Waals surface area contributed by atoms with E-state index in [9.17, 15) is 5.11 Å². The first kappa shape index (κ1) is 23.5. The van der Waals surface area contributed by atoms with E-state index in [0.29, 0.717) is 0 Å². The maximum Gasteiger partial charge on any atom is 0.128 e. The predicted molar refractivity (Wildman–Crippen MR) is 144 cm³/mol. The van der Waals surface area contributed by atoms with Crippen LogP contribution in [-0.4, -0.2) is 11.3 Å². The highest BCUT2D eigenvalue weighted by atomic mass is 16.3. The van der Waals surface area contributed by atoms with E-state index in [2.05, 4.69) is 94.4 Å². The minimum atomic E-state index is -0.0637. The second-order valence-corrected chi connectivity index (χ2v) is 8.94. The van der Waals surface area contributed by atoms with Crippen molar-refractivity contribution in [3.63, 3.8) is 0 Å². The average molecular weight is 448 g/mol. The normalized spacial score (nSPS) is 11.4. The molecule has 0 saturated heterocycles. The first-order valence-electron chi connectivity index (χ1n) is 12.1. The van der Waals surface area contributed by atoms with Gasteiger partial charge in [0, 0.05) is 23.3 Å². The van der Waals surface area contributed by atoms with Crippen LogP contribution < -0.4 is 0 Å². The molecule has 0 aliphatic heterocycles. The van der Waals surface area contributed by atoms with E-state index in [1.165, 1.54) is 16.7 Å². The van der Waals surface area contributed by atoms with E-state index in [4.69, 9.17) is 4.99 Å². The minimum Gasteiger partial charge on any atom is -0.507 e. The first-order chi connectivity index (χ1) is 16.5. The van der Waals surface area contributed by atoms with Gasteiger partial charge in [0.25, 0.3) is 0 Å². The van der Waals surface area contributed by atoms with Crippen molar-refractivity contribution in [1.29, 1.82) is 0 Å². The summed E-state index contributed by atoms with van der Waals surface area (Å²) in [6.07, 6.45) is 3.69. The smallest absolute Gasteiger partial charge is 0.128 e. The predicted octanol–water partition coefficient (Wildman–Crippen LogP) is 8.06. The summed E-state index contributed by atoms with van der Waals surface area (Å²) in [5, 5.41) is 11.5. The van der Waals surface area contributed by atoms with Crippen molar-refractivity contribution in [2.45, 2.75) is 46.5 Å². The fraction of sp³-hybridized carbons (Fsp3) is 0.219. The molecule has 0 aliphatic carbocycles. The number of phenolic OH excluding ortho intramolecular Hbond substituents is 1. The molecule has 0 aromatic heterocycles. The maximum atomic E-state index is 11.5. The third-order valence-electron chi connectivity index (χ3n) is 6.40. The van der Waals surface area contributed by atoms with Crippen molar-refractivity contribution < 1.29 is 5.11 Å². The quantitative estimate of drug-likeness (QED) is 0.225. The molecular weight excluding hydrogens is 414 g/mol. The highest BCUT2D eigenvalue weighted by Gasteiger charge is 2.21. The Labute approximate surface area is 203 Å². The van der Waals surface area contributed by atoms with E-state index in [1.54, 1.807) is 0 Å². The summed E-state index contributed by atoms with van der Waals surface area (Å²) < 4.78 is 0.